The molecule has 1 aromatic carbocycles. The molecule has 1 N–H and O–H groups in total. The van der Waals surface area contributed by atoms with E-state index in [1.807, 2.05) is 0 Å². The van der Waals surface area contributed by atoms with Gasteiger partial charge < -0.3 is 5.11 Å². The molecule has 0 aromatic heterocycles. The molecular formula is C7H3F2NO4. The Bertz CT molecular complexity index is 418. The zero-order chi connectivity index (χ0) is 10.9. The monoisotopic (exact) mass is 203 g/mol. The van der Waals surface area contributed by atoms with E-state index >= 15 is 0 Å². The molecule has 0 heterocycles. The summed E-state index contributed by atoms with van der Waals surface area (Å²) < 4.78 is 25.3. The number of hydrogen-bond donors (Lipinski definition) is 1. The number of nitrogens with zero attached hydrogens (tertiary/aromatic N) is 1. The van der Waals surface area contributed by atoms with Crippen LogP contribution in [0.2, 0.25) is 0 Å². The average Bonchev–Trinajstić information content (AvgIpc) is 2.08. The van der Waals surface area contributed by atoms with Crippen LogP contribution in [-0.4, -0.2) is 16.0 Å². The lowest BCUT2D eigenvalue weighted by Gasteiger charge is -1.99. The molecule has 0 spiro atoms. The van der Waals surface area contributed by atoms with Crippen molar-refractivity contribution in [1.82, 2.24) is 0 Å². The van der Waals surface area contributed by atoms with Crippen LogP contribution in [-0.2, 0) is 0 Å². The Labute approximate surface area is 75.7 Å². The average molecular weight is 203 g/mol. The van der Waals surface area contributed by atoms with Gasteiger partial charge in [-0.3, -0.25) is 10.1 Å². The fraction of sp³-hybridized carbons (Fsp3) is 0. The Morgan fingerprint density at radius 1 is 1.43 bits per heavy atom. The molecule has 0 aliphatic carbocycles. The van der Waals surface area contributed by atoms with Crippen molar-refractivity contribution in [1.29, 1.82) is 0 Å². The Morgan fingerprint density at radius 2 is 2.00 bits per heavy atom. The van der Waals surface area contributed by atoms with Crippen molar-refractivity contribution in [3.63, 3.8) is 0 Å². The SMILES string of the molecule is O=C(O)c1c([N+](=O)[O-])ccc(F)c1F. The summed E-state index contributed by atoms with van der Waals surface area (Å²) in [6.45, 7) is 0. The zero-order valence-corrected chi connectivity index (χ0v) is 6.53. The number of halogens is 2. The van der Waals surface area contributed by atoms with Gasteiger partial charge in [0.05, 0.1) is 4.92 Å². The van der Waals surface area contributed by atoms with Crippen LogP contribution < -0.4 is 0 Å². The number of aromatic carboxylic acids is 1. The fourth-order valence-electron chi connectivity index (χ4n) is 0.896. The first-order valence-corrected chi connectivity index (χ1v) is 3.31. The number of hydrogen-bond acceptors (Lipinski definition) is 3. The van der Waals surface area contributed by atoms with Crippen molar-refractivity contribution < 1.29 is 23.6 Å². The summed E-state index contributed by atoms with van der Waals surface area (Å²) in [5.41, 5.74) is -2.24. The summed E-state index contributed by atoms with van der Waals surface area (Å²) in [6.07, 6.45) is 0. The van der Waals surface area contributed by atoms with E-state index in [0.29, 0.717) is 12.1 Å². The van der Waals surface area contributed by atoms with E-state index in [2.05, 4.69) is 0 Å². The summed E-state index contributed by atoms with van der Waals surface area (Å²) in [7, 11) is 0. The molecule has 1 rings (SSSR count). The van der Waals surface area contributed by atoms with Gasteiger partial charge in [-0.1, -0.05) is 0 Å². The summed E-state index contributed by atoms with van der Waals surface area (Å²) in [5, 5.41) is 18.7. The highest BCUT2D eigenvalue weighted by atomic mass is 19.2. The van der Waals surface area contributed by atoms with E-state index in [4.69, 9.17) is 5.11 Å². The minimum atomic E-state index is -1.88. The van der Waals surface area contributed by atoms with Crippen molar-refractivity contribution in [2.45, 2.75) is 0 Å². The van der Waals surface area contributed by atoms with E-state index < -0.39 is 33.8 Å². The lowest BCUT2D eigenvalue weighted by molar-refractivity contribution is -0.385. The van der Waals surface area contributed by atoms with Gasteiger partial charge in [0.1, 0.15) is 0 Å². The van der Waals surface area contributed by atoms with E-state index in [-0.39, 0.29) is 0 Å². The maximum Gasteiger partial charge on any atom is 0.345 e. The third kappa shape index (κ3) is 1.51. The van der Waals surface area contributed by atoms with Crippen LogP contribution in [0.15, 0.2) is 12.1 Å². The molecule has 0 saturated carbocycles. The van der Waals surface area contributed by atoms with Gasteiger partial charge >= 0.3 is 5.97 Å². The maximum atomic E-state index is 12.8. The standard InChI is InChI=1S/C7H3F2NO4/c8-3-1-2-4(10(13)14)5(6(3)9)7(11)12/h1-2H,(H,11,12). The fourth-order valence-corrected chi connectivity index (χ4v) is 0.896. The first-order chi connectivity index (χ1) is 6.45. The number of nitro benzene ring substituents is 1. The molecular weight excluding hydrogens is 200 g/mol. The van der Waals surface area contributed by atoms with E-state index in [9.17, 15) is 23.7 Å². The van der Waals surface area contributed by atoms with Gasteiger partial charge in [-0.15, -0.1) is 0 Å². The highest BCUT2D eigenvalue weighted by Crippen LogP contribution is 2.23. The number of nitro groups is 1. The molecule has 0 amide bonds. The van der Waals surface area contributed by atoms with Crippen molar-refractivity contribution in [3.8, 4) is 0 Å². The maximum absolute atomic E-state index is 12.8. The van der Waals surface area contributed by atoms with Gasteiger partial charge in [-0.05, 0) is 6.07 Å². The Morgan fingerprint density at radius 3 is 2.43 bits per heavy atom. The first-order valence-electron chi connectivity index (χ1n) is 3.31. The second-order valence-corrected chi connectivity index (χ2v) is 2.32. The second kappa shape index (κ2) is 3.36. The summed E-state index contributed by atoms with van der Waals surface area (Å²) in [6, 6.07) is 1.10. The van der Waals surface area contributed by atoms with Gasteiger partial charge in [0.2, 0.25) is 0 Å². The third-order valence-electron chi connectivity index (χ3n) is 1.48. The molecule has 0 aliphatic rings. The summed E-state index contributed by atoms with van der Waals surface area (Å²) >= 11 is 0. The Hall–Kier alpha value is -2.05. The molecule has 0 unspecified atom stereocenters. The van der Waals surface area contributed by atoms with Crippen LogP contribution in [0.5, 0.6) is 0 Å². The van der Waals surface area contributed by atoms with E-state index in [1.54, 1.807) is 0 Å². The smallest absolute Gasteiger partial charge is 0.345 e. The van der Waals surface area contributed by atoms with Crippen molar-refractivity contribution >= 4 is 11.7 Å². The second-order valence-electron chi connectivity index (χ2n) is 2.32. The third-order valence-corrected chi connectivity index (χ3v) is 1.48. The quantitative estimate of drug-likeness (QED) is 0.584. The molecule has 14 heavy (non-hydrogen) atoms. The molecule has 0 radical (unpaired) electrons. The van der Waals surface area contributed by atoms with Gasteiger partial charge in [0.15, 0.2) is 17.2 Å². The number of rotatable bonds is 2. The Balaban J connectivity index is 3.53. The number of benzene rings is 1. The lowest BCUT2D eigenvalue weighted by atomic mass is 10.1. The lowest BCUT2D eigenvalue weighted by Crippen LogP contribution is -2.07. The zero-order valence-electron chi connectivity index (χ0n) is 6.53. The first kappa shape index (κ1) is 10.0. The molecule has 1 aromatic rings. The number of carboxylic acids is 1. The molecule has 0 aliphatic heterocycles. The molecule has 5 nitrogen and oxygen atoms in total. The van der Waals surface area contributed by atoms with Gasteiger partial charge in [0.25, 0.3) is 5.69 Å². The number of carboxylic acid groups (broad SMARTS) is 1. The predicted octanol–water partition coefficient (Wildman–Crippen LogP) is 1.57. The summed E-state index contributed by atoms with van der Waals surface area (Å²) in [4.78, 5) is 19.5. The molecule has 0 atom stereocenters. The van der Waals surface area contributed by atoms with Crippen molar-refractivity contribution in [3.05, 3.63) is 39.4 Å². The van der Waals surface area contributed by atoms with Crippen LogP contribution in [0.4, 0.5) is 14.5 Å². The molecule has 0 bridgehead atoms. The summed E-state index contributed by atoms with van der Waals surface area (Å²) in [5.74, 6) is -5.05. The molecule has 74 valence electrons. The van der Waals surface area contributed by atoms with Gasteiger partial charge in [-0.2, -0.15) is 0 Å². The highest BCUT2D eigenvalue weighted by Gasteiger charge is 2.26. The Kier molecular flexibility index (Phi) is 2.41. The highest BCUT2D eigenvalue weighted by molar-refractivity contribution is 5.92. The van der Waals surface area contributed by atoms with Crippen LogP contribution in [0.3, 0.4) is 0 Å². The topological polar surface area (TPSA) is 80.4 Å². The number of carbonyl (C=O) groups is 1. The van der Waals surface area contributed by atoms with Crippen molar-refractivity contribution in [2.24, 2.45) is 0 Å². The van der Waals surface area contributed by atoms with Gasteiger partial charge in [0, 0.05) is 6.07 Å². The van der Waals surface area contributed by atoms with Gasteiger partial charge in [-0.25, -0.2) is 13.6 Å². The van der Waals surface area contributed by atoms with Crippen LogP contribution in [0.25, 0.3) is 0 Å². The van der Waals surface area contributed by atoms with Crippen LogP contribution in [0, 0.1) is 21.7 Å². The largest absolute Gasteiger partial charge is 0.477 e. The van der Waals surface area contributed by atoms with Crippen molar-refractivity contribution in [2.75, 3.05) is 0 Å². The minimum absolute atomic E-state index is 0.500. The molecule has 0 fully saturated rings. The van der Waals surface area contributed by atoms with Crippen LogP contribution >= 0.6 is 0 Å². The predicted molar refractivity (Wildman–Crippen MR) is 40.0 cm³/mol. The normalized spacial score (nSPS) is 9.86. The van der Waals surface area contributed by atoms with E-state index in [0.717, 1.165) is 0 Å². The van der Waals surface area contributed by atoms with Crippen LogP contribution in [0.1, 0.15) is 10.4 Å². The minimum Gasteiger partial charge on any atom is -0.477 e. The van der Waals surface area contributed by atoms with E-state index in [1.165, 1.54) is 0 Å². The molecule has 0 saturated heterocycles. The molecule has 7 heteroatoms.